The minimum absolute atomic E-state index is 0.0305. The molecule has 0 bridgehead atoms. The number of carbonyl (C=O) groups is 3. The van der Waals surface area contributed by atoms with E-state index >= 15 is 0 Å². The van der Waals surface area contributed by atoms with Gasteiger partial charge in [-0.15, -0.1) is 0 Å². The maximum atomic E-state index is 13.2. The Balaban J connectivity index is 2.04. The molecular formula is C25H31NO5. The Morgan fingerprint density at radius 1 is 1.16 bits per heavy atom. The highest BCUT2D eigenvalue weighted by atomic mass is 16.5. The number of hydrogen-bond donors (Lipinski definition) is 0. The van der Waals surface area contributed by atoms with Crippen LogP contribution < -0.4 is 4.74 Å². The van der Waals surface area contributed by atoms with Crippen LogP contribution in [-0.4, -0.2) is 30.0 Å². The maximum absolute atomic E-state index is 13.2. The van der Waals surface area contributed by atoms with E-state index in [1.165, 1.54) is 6.92 Å². The molecule has 0 spiro atoms. The van der Waals surface area contributed by atoms with Gasteiger partial charge in [0.1, 0.15) is 11.7 Å². The van der Waals surface area contributed by atoms with Crippen LogP contribution in [-0.2, 0) is 19.1 Å². The molecule has 1 aliphatic carbocycles. The Kier molecular flexibility index (Phi) is 6.77. The topological polar surface area (TPSA) is 82.0 Å². The van der Waals surface area contributed by atoms with E-state index in [2.05, 4.69) is 13.8 Å². The molecule has 0 radical (unpaired) electrons. The monoisotopic (exact) mass is 425 g/mol. The molecule has 0 aromatic heterocycles. The van der Waals surface area contributed by atoms with Gasteiger partial charge in [-0.05, 0) is 42.9 Å². The third-order valence-electron chi connectivity index (χ3n) is 5.80. The van der Waals surface area contributed by atoms with E-state index in [4.69, 9.17) is 14.5 Å². The molecule has 1 unspecified atom stereocenters. The fourth-order valence-corrected chi connectivity index (χ4v) is 4.43. The Morgan fingerprint density at radius 2 is 1.84 bits per heavy atom. The minimum atomic E-state index is -0.652. The van der Waals surface area contributed by atoms with E-state index in [-0.39, 0.29) is 17.2 Å². The third kappa shape index (κ3) is 5.12. The van der Waals surface area contributed by atoms with Crippen molar-refractivity contribution in [2.75, 3.05) is 6.61 Å². The van der Waals surface area contributed by atoms with Crippen molar-refractivity contribution in [2.45, 2.75) is 66.2 Å². The van der Waals surface area contributed by atoms with Gasteiger partial charge in [0, 0.05) is 36.2 Å². The van der Waals surface area contributed by atoms with Crippen molar-refractivity contribution >= 4 is 23.4 Å². The SMILES string of the molecule is CCCCOC(=O)C1C(C)=NC2=C(C(=O)CC(C)(C)C2)[C@@H]1c1ccc(OC(C)=O)cc1. The van der Waals surface area contributed by atoms with Crippen LogP contribution in [0.3, 0.4) is 0 Å². The van der Waals surface area contributed by atoms with Crippen molar-refractivity contribution in [1.82, 2.24) is 0 Å². The van der Waals surface area contributed by atoms with E-state index in [0.717, 1.165) is 24.1 Å². The lowest BCUT2D eigenvalue weighted by Crippen LogP contribution is -2.39. The lowest BCUT2D eigenvalue weighted by molar-refractivity contribution is -0.146. The summed E-state index contributed by atoms with van der Waals surface area (Å²) >= 11 is 0. The van der Waals surface area contributed by atoms with Crippen LogP contribution in [0.1, 0.15) is 71.8 Å². The van der Waals surface area contributed by atoms with Crippen molar-refractivity contribution in [3.8, 4) is 5.75 Å². The number of aliphatic imine (C=N–C) groups is 1. The van der Waals surface area contributed by atoms with Crippen LogP contribution in [0.4, 0.5) is 0 Å². The fourth-order valence-electron chi connectivity index (χ4n) is 4.43. The van der Waals surface area contributed by atoms with Gasteiger partial charge in [0.2, 0.25) is 0 Å². The Hall–Kier alpha value is -2.76. The van der Waals surface area contributed by atoms with E-state index in [0.29, 0.717) is 36.5 Å². The summed E-state index contributed by atoms with van der Waals surface area (Å²) in [6.45, 7) is 9.69. The normalized spacial score (nSPS) is 22.5. The van der Waals surface area contributed by atoms with Gasteiger partial charge in [-0.1, -0.05) is 39.3 Å². The molecule has 166 valence electrons. The third-order valence-corrected chi connectivity index (χ3v) is 5.80. The molecule has 6 nitrogen and oxygen atoms in total. The lowest BCUT2D eigenvalue weighted by Gasteiger charge is -2.39. The number of hydrogen-bond acceptors (Lipinski definition) is 6. The van der Waals surface area contributed by atoms with Gasteiger partial charge in [0.15, 0.2) is 5.78 Å². The number of ether oxygens (including phenoxy) is 2. The van der Waals surface area contributed by atoms with Crippen molar-refractivity contribution in [1.29, 1.82) is 0 Å². The highest BCUT2D eigenvalue weighted by Gasteiger charge is 2.46. The lowest BCUT2D eigenvalue weighted by atomic mass is 9.67. The number of carbonyl (C=O) groups excluding carboxylic acids is 3. The first-order valence-electron chi connectivity index (χ1n) is 10.9. The number of nitrogens with zero attached hydrogens (tertiary/aromatic N) is 1. The average Bonchev–Trinajstić information content (AvgIpc) is 2.66. The van der Waals surface area contributed by atoms with Crippen molar-refractivity contribution in [2.24, 2.45) is 16.3 Å². The van der Waals surface area contributed by atoms with Gasteiger partial charge < -0.3 is 9.47 Å². The zero-order valence-corrected chi connectivity index (χ0v) is 19.0. The average molecular weight is 426 g/mol. The summed E-state index contributed by atoms with van der Waals surface area (Å²) in [5.41, 5.74) is 2.69. The molecule has 0 N–H and O–H groups in total. The second-order valence-corrected chi connectivity index (χ2v) is 9.19. The molecule has 0 amide bonds. The summed E-state index contributed by atoms with van der Waals surface area (Å²) in [5.74, 6) is -1.42. The van der Waals surface area contributed by atoms with Crippen LogP contribution in [0, 0.1) is 11.3 Å². The van der Waals surface area contributed by atoms with E-state index in [1.807, 2.05) is 26.0 Å². The summed E-state index contributed by atoms with van der Waals surface area (Å²) in [5, 5.41) is 0. The van der Waals surface area contributed by atoms with Crippen molar-refractivity contribution in [3.63, 3.8) is 0 Å². The second kappa shape index (κ2) is 9.16. The molecule has 6 heteroatoms. The van der Waals surface area contributed by atoms with Crippen LogP contribution >= 0.6 is 0 Å². The molecule has 0 saturated heterocycles. The second-order valence-electron chi connectivity index (χ2n) is 9.19. The zero-order valence-electron chi connectivity index (χ0n) is 19.0. The molecule has 31 heavy (non-hydrogen) atoms. The standard InChI is InChI=1S/C25H31NO5/c1-6-7-12-30-24(29)21-15(2)26-19-13-25(4,5)14-20(28)23(19)22(21)17-8-10-18(11-9-17)31-16(3)27/h8-11,21-22H,6-7,12-14H2,1-5H3/t21?,22-/m1/s1. The fraction of sp³-hybridized carbons (Fsp3) is 0.520. The summed E-state index contributed by atoms with van der Waals surface area (Å²) in [4.78, 5) is 42.3. The molecule has 1 aliphatic heterocycles. The first-order chi connectivity index (χ1) is 14.6. The Morgan fingerprint density at radius 3 is 2.45 bits per heavy atom. The predicted octanol–water partition coefficient (Wildman–Crippen LogP) is 4.77. The highest BCUT2D eigenvalue weighted by molar-refractivity contribution is 6.09. The Labute approximate surface area is 183 Å². The first-order valence-corrected chi connectivity index (χ1v) is 10.9. The molecule has 2 aliphatic rings. The summed E-state index contributed by atoms with van der Waals surface area (Å²) < 4.78 is 10.7. The molecule has 0 saturated carbocycles. The number of allylic oxidation sites excluding steroid dienone is 2. The smallest absolute Gasteiger partial charge is 0.315 e. The van der Waals surface area contributed by atoms with E-state index < -0.39 is 17.8 Å². The van der Waals surface area contributed by atoms with E-state index in [1.54, 1.807) is 12.1 Å². The summed E-state index contributed by atoms with van der Waals surface area (Å²) in [6, 6.07) is 7.00. The molecule has 1 heterocycles. The maximum Gasteiger partial charge on any atom is 0.315 e. The summed E-state index contributed by atoms with van der Waals surface area (Å²) in [6.07, 6.45) is 2.82. The minimum Gasteiger partial charge on any atom is -0.465 e. The number of rotatable bonds is 6. The zero-order chi connectivity index (χ0) is 22.8. The number of benzene rings is 1. The van der Waals surface area contributed by atoms with Gasteiger partial charge in [0.25, 0.3) is 0 Å². The van der Waals surface area contributed by atoms with Crippen LogP contribution in [0.15, 0.2) is 40.5 Å². The summed E-state index contributed by atoms with van der Waals surface area (Å²) in [7, 11) is 0. The van der Waals surface area contributed by atoms with Crippen LogP contribution in [0.25, 0.3) is 0 Å². The number of esters is 2. The first kappa shape index (κ1) is 22.9. The molecule has 1 aromatic carbocycles. The van der Waals surface area contributed by atoms with Gasteiger partial charge in [0.05, 0.1) is 6.61 Å². The van der Waals surface area contributed by atoms with E-state index in [9.17, 15) is 14.4 Å². The van der Waals surface area contributed by atoms with Gasteiger partial charge in [-0.3, -0.25) is 19.4 Å². The molecule has 0 fully saturated rings. The predicted molar refractivity (Wildman–Crippen MR) is 118 cm³/mol. The largest absolute Gasteiger partial charge is 0.465 e. The van der Waals surface area contributed by atoms with Gasteiger partial charge >= 0.3 is 11.9 Å². The highest BCUT2D eigenvalue weighted by Crippen LogP contribution is 2.48. The number of unbranched alkanes of at least 4 members (excludes halogenated alkanes) is 1. The molecule has 2 atom stereocenters. The van der Waals surface area contributed by atoms with Crippen LogP contribution in [0.2, 0.25) is 0 Å². The van der Waals surface area contributed by atoms with Crippen molar-refractivity contribution in [3.05, 3.63) is 41.1 Å². The number of Topliss-reactive ketones (excluding diaryl/α,β-unsaturated/α-hetero) is 1. The number of ketones is 1. The molecule has 1 aromatic rings. The quantitative estimate of drug-likeness (QED) is 0.372. The van der Waals surface area contributed by atoms with Crippen LogP contribution in [0.5, 0.6) is 5.75 Å². The molecule has 3 rings (SSSR count). The Bertz CT molecular complexity index is 939. The van der Waals surface area contributed by atoms with Gasteiger partial charge in [-0.25, -0.2) is 0 Å². The van der Waals surface area contributed by atoms with Gasteiger partial charge in [-0.2, -0.15) is 0 Å². The molecular weight excluding hydrogens is 394 g/mol. The van der Waals surface area contributed by atoms with Crippen molar-refractivity contribution < 1.29 is 23.9 Å².